The maximum absolute atomic E-state index is 11.3. The van der Waals surface area contributed by atoms with E-state index in [2.05, 4.69) is 15.6 Å². The summed E-state index contributed by atoms with van der Waals surface area (Å²) in [4.78, 5) is 4.60. The van der Waals surface area contributed by atoms with Gasteiger partial charge in [-0.25, -0.2) is 18.5 Å². The molecule has 2 rings (SSSR count). The SMILES string of the molecule is CCNC(=NCc1ccc(S(N)(=O)=O)cc1)NCC(C)Oc1ccccc1OC. The van der Waals surface area contributed by atoms with Crippen LogP contribution in [0.5, 0.6) is 11.5 Å². The minimum atomic E-state index is -3.69. The summed E-state index contributed by atoms with van der Waals surface area (Å²) in [6, 6.07) is 13.8. The third kappa shape index (κ3) is 7.28. The Hall–Kier alpha value is -2.78. The van der Waals surface area contributed by atoms with E-state index in [1.165, 1.54) is 12.1 Å². The van der Waals surface area contributed by atoms with Crippen LogP contribution in [0.3, 0.4) is 0 Å². The van der Waals surface area contributed by atoms with Crippen molar-refractivity contribution in [2.24, 2.45) is 10.1 Å². The number of rotatable bonds is 9. The Morgan fingerprint density at radius 2 is 1.76 bits per heavy atom. The molecule has 0 heterocycles. The normalized spacial score (nSPS) is 12.9. The number of nitrogens with one attached hydrogen (secondary N) is 2. The second kappa shape index (κ2) is 10.7. The monoisotopic (exact) mass is 420 g/mol. The summed E-state index contributed by atoms with van der Waals surface area (Å²) in [5.74, 6) is 2.00. The van der Waals surface area contributed by atoms with Crippen LogP contribution in [-0.4, -0.2) is 40.7 Å². The second-order valence-electron chi connectivity index (χ2n) is 6.34. The number of methoxy groups -OCH3 is 1. The number of primary sulfonamides is 1. The van der Waals surface area contributed by atoms with Crippen molar-refractivity contribution in [3.8, 4) is 11.5 Å². The fourth-order valence-corrected chi connectivity index (χ4v) is 3.03. The molecule has 0 radical (unpaired) electrons. The quantitative estimate of drug-likeness (QED) is 0.421. The zero-order valence-electron chi connectivity index (χ0n) is 16.9. The average Bonchev–Trinajstić information content (AvgIpc) is 2.70. The van der Waals surface area contributed by atoms with E-state index in [9.17, 15) is 8.42 Å². The smallest absolute Gasteiger partial charge is 0.238 e. The summed E-state index contributed by atoms with van der Waals surface area (Å²) < 4.78 is 33.9. The first-order valence-electron chi connectivity index (χ1n) is 9.27. The Labute approximate surface area is 172 Å². The van der Waals surface area contributed by atoms with Gasteiger partial charge in [0.1, 0.15) is 6.10 Å². The summed E-state index contributed by atoms with van der Waals surface area (Å²) in [5, 5.41) is 11.5. The summed E-state index contributed by atoms with van der Waals surface area (Å²) in [5.41, 5.74) is 0.868. The summed E-state index contributed by atoms with van der Waals surface area (Å²) in [6.07, 6.45) is -0.121. The average molecular weight is 421 g/mol. The van der Waals surface area contributed by atoms with Gasteiger partial charge in [0, 0.05) is 6.54 Å². The third-order valence-corrected chi connectivity index (χ3v) is 4.90. The van der Waals surface area contributed by atoms with Crippen LogP contribution in [0.2, 0.25) is 0 Å². The van der Waals surface area contributed by atoms with E-state index in [1.807, 2.05) is 38.1 Å². The van der Waals surface area contributed by atoms with Gasteiger partial charge in [-0.3, -0.25) is 0 Å². The van der Waals surface area contributed by atoms with Crippen molar-refractivity contribution < 1.29 is 17.9 Å². The van der Waals surface area contributed by atoms with E-state index in [1.54, 1.807) is 19.2 Å². The maximum Gasteiger partial charge on any atom is 0.238 e. The van der Waals surface area contributed by atoms with Crippen LogP contribution in [0.15, 0.2) is 58.4 Å². The van der Waals surface area contributed by atoms with Crippen LogP contribution in [0, 0.1) is 0 Å². The van der Waals surface area contributed by atoms with Crippen molar-refractivity contribution in [2.75, 3.05) is 20.2 Å². The molecule has 2 aromatic rings. The van der Waals surface area contributed by atoms with E-state index >= 15 is 0 Å². The number of hydrogen-bond donors (Lipinski definition) is 3. The van der Waals surface area contributed by atoms with Crippen molar-refractivity contribution in [3.63, 3.8) is 0 Å². The Kier molecular flexibility index (Phi) is 8.29. The number of ether oxygens (including phenoxy) is 2. The molecule has 1 unspecified atom stereocenters. The summed E-state index contributed by atoms with van der Waals surface area (Å²) in [6.45, 7) is 5.57. The van der Waals surface area contributed by atoms with Crippen LogP contribution < -0.4 is 25.2 Å². The van der Waals surface area contributed by atoms with Crippen LogP contribution in [0.25, 0.3) is 0 Å². The third-order valence-electron chi connectivity index (χ3n) is 3.97. The molecule has 0 aliphatic heterocycles. The standard InChI is InChI=1S/C20H28N4O4S/c1-4-22-20(24-14-16-9-11-17(12-10-16)29(21,25)26)23-13-15(2)28-19-8-6-5-7-18(19)27-3/h5-12,15H,4,13-14H2,1-3H3,(H2,21,25,26)(H2,22,23,24). The van der Waals surface area contributed by atoms with Crippen molar-refractivity contribution in [3.05, 3.63) is 54.1 Å². The molecule has 158 valence electrons. The highest BCUT2D eigenvalue weighted by Gasteiger charge is 2.10. The number of nitrogens with two attached hydrogens (primary N) is 1. The van der Waals surface area contributed by atoms with E-state index < -0.39 is 10.0 Å². The second-order valence-corrected chi connectivity index (χ2v) is 7.91. The van der Waals surface area contributed by atoms with Crippen molar-refractivity contribution in [2.45, 2.75) is 31.4 Å². The molecule has 2 aromatic carbocycles. The van der Waals surface area contributed by atoms with Gasteiger partial charge in [0.15, 0.2) is 17.5 Å². The molecule has 0 aliphatic rings. The van der Waals surface area contributed by atoms with Crippen LogP contribution in [0.4, 0.5) is 0 Å². The highest BCUT2D eigenvalue weighted by molar-refractivity contribution is 7.89. The Bertz CT molecular complexity index is 914. The van der Waals surface area contributed by atoms with Crippen LogP contribution >= 0.6 is 0 Å². The molecule has 0 saturated carbocycles. The lowest BCUT2D eigenvalue weighted by molar-refractivity contribution is 0.213. The lowest BCUT2D eigenvalue weighted by Gasteiger charge is -2.19. The van der Waals surface area contributed by atoms with Gasteiger partial charge in [-0.1, -0.05) is 24.3 Å². The number of guanidine groups is 1. The highest BCUT2D eigenvalue weighted by atomic mass is 32.2. The molecule has 0 spiro atoms. The van der Waals surface area contributed by atoms with E-state index in [0.717, 1.165) is 5.56 Å². The van der Waals surface area contributed by atoms with E-state index in [0.29, 0.717) is 37.1 Å². The number of benzene rings is 2. The first kappa shape index (κ1) is 22.5. The molecule has 0 aromatic heterocycles. The molecule has 0 aliphatic carbocycles. The lowest BCUT2D eigenvalue weighted by atomic mass is 10.2. The number of para-hydroxylation sites is 2. The molecule has 9 heteroatoms. The van der Waals surface area contributed by atoms with Gasteiger partial charge in [0.2, 0.25) is 10.0 Å². The van der Waals surface area contributed by atoms with Gasteiger partial charge in [-0.05, 0) is 43.7 Å². The zero-order valence-corrected chi connectivity index (χ0v) is 17.7. The Morgan fingerprint density at radius 1 is 1.10 bits per heavy atom. The topological polar surface area (TPSA) is 115 Å². The minimum absolute atomic E-state index is 0.0811. The predicted octanol–water partition coefficient (Wildman–Crippen LogP) is 1.87. The largest absolute Gasteiger partial charge is 0.493 e. The van der Waals surface area contributed by atoms with Crippen LogP contribution in [-0.2, 0) is 16.6 Å². The molecule has 8 nitrogen and oxygen atoms in total. The van der Waals surface area contributed by atoms with Gasteiger partial charge in [-0.2, -0.15) is 0 Å². The Balaban J connectivity index is 1.94. The molecule has 29 heavy (non-hydrogen) atoms. The summed E-state index contributed by atoms with van der Waals surface area (Å²) >= 11 is 0. The van der Waals surface area contributed by atoms with Gasteiger partial charge < -0.3 is 20.1 Å². The molecular formula is C20H28N4O4S. The van der Waals surface area contributed by atoms with Crippen molar-refractivity contribution in [1.29, 1.82) is 0 Å². The minimum Gasteiger partial charge on any atom is -0.493 e. The molecule has 0 saturated heterocycles. The van der Waals surface area contributed by atoms with E-state index in [-0.39, 0.29) is 11.0 Å². The fraction of sp³-hybridized carbons (Fsp3) is 0.350. The molecular weight excluding hydrogens is 392 g/mol. The number of nitrogens with zero attached hydrogens (tertiary/aromatic N) is 1. The lowest BCUT2D eigenvalue weighted by Crippen LogP contribution is -2.41. The van der Waals surface area contributed by atoms with Gasteiger partial charge in [0.05, 0.1) is 25.1 Å². The molecule has 4 N–H and O–H groups in total. The van der Waals surface area contributed by atoms with Crippen molar-refractivity contribution >= 4 is 16.0 Å². The van der Waals surface area contributed by atoms with Crippen molar-refractivity contribution in [1.82, 2.24) is 10.6 Å². The van der Waals surface area contributed by atoms with Gasteiger partial charge >= 0.3 is 0 Å². The Morgan fingerprint density at radius 3 is 2.34 bits per heavy atom. The highest BCUT2D eigenvalue weighted by Crippen LogP contribution is 2.26. The number of sulfonamides is 1. The summed E-state index contributed by atoms with van der Waals surface area (Å²) in [7, 11) is -2.08. The van der Waals surface area contributed by atoms with Gasteiger partial charge in [-0.15, -0.1) is 0 Å². The van der Waals surface area contributed by atoms with Gasteiger partial charge in [0.25, 0.3) is 0 Å². The van der Waals surface area contributed by atoms with Crippen LogP contribution in [0.1, 0.15) is 19.4 Å². The maximum atomic E-state index is 11.3. The molecule has 0 fully saturated rings. The number of aliphatic imine (C=N–C) groups is 1. The number of hydrogen-bond acceptors (Lipinski definition) is 5. The van der Waals surface area contributed by atoms with E-state index in [4.69, 9.17) is 14.6 Å². The first-order chi connectivity index (χ1) is 13.8. The molecule has 0 amide bonds. The zero-order chi connectivity index (χ0) is 21.3. The fourth-order valence-electron chi connectivity index (χ4n) is 2.51. The predicted molar refractivity (Wildman–Crippen MR) is 114 cm³/mol. The molecule has 0 bridgehead atoms. The molecule has 1 atom stereocenters. The first-order valence-corrected chi connectivity index (χ1v) is 10.8.